The number of hydrogen-bond donors (Lipinski definition) is 0. The number of carbonyl (C=O) groups excluding carboxylic acids is 1. The molecule has 0 aliphatic rings. The summed E-state index contributed by atoms with van der Waals surface area (Å²) >= 11 is 0. The summed E-state index contributed by atoms with van der Waals surface area (Å²) in [5.74, 6) is 0.789. The zero-order valence-corrected chi connectivity index (χ0v) is 13.5. The van der Waals surface area contributed by atoms with Crippen molar-refractivity contribution in [3.63, 3.8) is 0 Å². The Kier molecular flexibility index (Phi) is 6.48. The molecule has 4 heteroatoms. The first-order valence-electron chi connectivity index (χ1n) is 7.74. The minimum atomic E-state index is -0.661. The van der Waals surface area contributed by atoms with Crippen molar-refractivity contribution in [3.8, 4) is 11.5 Å². The van der Waals surface area contributed by atoms with Crippen LogP contribution in [0.1, 0.15) is 18.9 Å². The zero-order valence-electron chi connectivity index (χ0n) is 13.5. The van der Waals surface area contributed by atoms with E-state index in [4.69, 9.17) is 14.2 Å². The summed E-state index contributed by atoms with van der Waals surface area (Å²) in [5.41, 5.74) is 1.16. The van der Waals surface area contributed by atoms with Crippen LogP contribution in [0.2, 0.25) is 0 Å². The molecule has 1 atom stereocenters. The summed E-state index contributed by atoms with van der Waals surface area (Å²) in [7, 11) is 1.57. The maximum atomic E-state index is 12.2. The van der Waals surface area contributed by atoms with Gasteiger partial charge in [0, 0.05) is 0 Å². The van der Waals surface area contributed by atoms with Crippen LogP contribution in [0.5, 0.6) is 11.5 Å². The fourth-order valence-corrected chi connectivity index (χ4v) is 2.27. The molecule has 2 aromatic carbocycles. The van der Waals surface area contributed by atoms with Gasteiger partial charge >= 0.3 is 5.97 Å². The predicted octanol–water partition coefficient (Wildman–Crippen LogP) is 3.64. The van der Waals surface area contributed by atoms with Gasteiger partial charge in [0.05, 0.1) is 13.7 Å². The molecule has 0 aromatic heterocycles. The summed E-state index contributed by atoms with van der Waals surface area (Å²) < 4.78 is 16.3. The molecule has 0 heterocycles. The lowest BCUT2D eigenvalue weighted by Crippen LogP contribution is -2.30. The third-order valence-corrected chi connectivity index (χ3v) is 3.43. The first-order valence-corrected chi connectivity index (χ1v) is 7.74. The highest BCUT2D eigenvalue weighted by Gasteiger charge is 2.23. The first-order chi connectivity index (χ1) is 11.2. The van der Waals surface area contributed by atoms with Gasteiger partial charge in [0.25, 0.3) is 0 Å². The highest BCUT2D eigenvalue weighted by molar-refractivity contribution is 5.75. The van der Waals surface area contributed by atoms with Crippen molar-refractivity contribution in [2.75, 3.05) is 13.7 Å². The van der Waals surface area contributed by atoms with E-state index < -0.39 is 6.10 Å². The van der Waals surface area contributed by atoms with E-state index in [1.54, 1.807) is 26.2 Å². The Bertz CT molecular complexity index is 610. The van der Waals surface area contributed by atoms with Crippen LogP contribution in [-0.4, -0.2) is 25.8 Å². The van der Waals surface area contributed by atoms with Crippen molar-refractivity contribution in [1.29, 1.82) is 0 Å². The Labute approximate surface area is 137 Å². The minimum Gasteiger partial charge on any atom is -0.493 e. The van der Waals surface area contributed by atoms with Crippen LogP contribution >= 0.6 is 0 Å². The van der Waals surface area contributed by atoms with Gasteiger partial charge in [-0.25, -0.2) is 4.79 Å². The van der Waals surface area contributed by atoms with Crippen molar-refractivity contribution in [2.45, 2.75) is 25.9 Å². The van der Waals surface area contributed by atoms with Crippen LogP contribution < -0.4 is 9.47 Å². The van der Waals surface area contributed by atoms with E-state index in [2.05, 4.69) is 0 Å². The molecule has 0 saturated carbocycles. The van der Waals surface area contributed by atoms with Gasteiger partial charge < -0.3 is 14.2 Å². The lowest BCUT2D eigenvalue weighted by Gasteiger charge is -2.19. The van der Waals surface area contributed by atoms with E-state index in [9.17, 15) is 4.79 Å². The largest absolute Gasteiger partial charge is 0.493 e. The number of benzene rings is 2. The Balaban J connectivity index is 2.09. The second-order valence-corrected chi connectivity index (χ2v) is 5.03. The Morgan fingerprint density at radius 2 is 1.65 bits per heavy atom. The molecule has 4 nitrogen and oxygen atoms in total. The molecular weight excluding hydrogens is 292 g/mol. The van der Waals surface area contributed by atoms with Crippen LogP contribution in [0, 0.1) is 0 Å². The normalized spacial score (nSPS) is 11.6. The number of hydrogen-bond acceptors (Lipinski definition) is 4. The number of ether oxygens (including phenoxy) is 3. The molecular formula is C19H22O4. The predicted molar refractivity (Wildman–Crippen MR) is 88.8 cm³/mol. The zero-order chi connectivity index (χ0) is 16.5. The summed E-state index contributed by atoms with van der Waals surface area (Å²) in [5, 5.41) is 0. The average Bonchev–Trinajstić information content (AvgIpc) is 2.60. The Morgan fingerprint density at radius 1 is 1.00 bits per heavy atom. The highest BCUT2D eigenvalue weighted by atomic mass is 16.6. The Hall–Kier alpha value is -2.49. The Morgan fingerprint density at radius 3 is 2.30 bits per heavy atom. The molecule has 0 N–H and O–H groups in total. The van der Waals surface area contributed by atoms with E-state index in [0.717, 1.165) is 12.0 Å². The van der Waals surface area contributed by atoms with Crippen LogP contribution in [-0.2, 0) is 16.0 Å². The van der Waals surface area contributed by atoms with Gasteiger partial charge in [-0.15, -0.1) is 0 Å². The molecule has 0 bridgehead atoms. The summed E-state index contributed by atoms with van der Waals surface area (Å²) in [6.45, 7) is 2.12. The van der Waals surface area contributed by atoms with Crippen LogP contribution in [0.25, 0.3) is 0 Å². The number of methoxy groups -OCH3 is 1. The van der Waals surface area contributed by atoms with Crippen molar-refractivity contribution >= 4 is 5.97 Å². The topological polar surface area (TPSA) is 44.8 Å². The van der Waals surface area contributed by atoms with Crippen LogP contribution in [0.3, 0.4) is 0 Å². The monoisotopic (exact) mass is 314 g/mol. The molecule has 0 spiro atoms. The molecule has 0 saturated heterocycles. The molecule has 0 amide bonds. The van der Waals surface area contributed by atoms with Gasteiger partial charge in [-0.2, -0.15) is 0 Å². The number of carbonyl (C=O) groups is 1. The van der Waals surface area contributed by atoms with E-state index in [-0.39, 0.29) is 5.97 Å². The van der Waals surface area contributed by atoms with E-state index in [1.807, 2.05) is 42.5 Å². The number of aryl methyl sites for hydroxylation is 1. The molecule has 2 aromatic rings. The van der Waals surface area contributed by atoms with E-state index in [0.29, 0.717) is 24.5 Å². The van der Waals surface area contributed by atoms with Crippen LogP contribution in [0.15, 0.2) is 54.6 Å². The lowest BCUT2D eigenvalue weighted by atomic mass is 10.1. The summed E-state index contributed by atoms with van der Waals surface area (Å²) in [4.78, 5) is 12.2. The third kappa shape index (κ3) is 5.02. The van der Waals surface area contributed by atoms with Crippen molar-refractivity contribution in [1.82, 2.24) is 0 Å². The number of para-hydroxylation sites is 2. The molecule has 2 rings (SSSR count). The van der Waals surface area contributed by atoms with Gasteiger partial charge in [-0.05, 0) is 37.5 Å². The lowest BCUT2D eigenvalue weighted by molar-refractivity contribution is -0.151. The van der Waals surface area contributed by atoms with Gasteiger partial charge in [0.15, 0.2) is 17.6 Å². The second kappa shape index (κ2) is 8.83. The van der Waals surface area contributed by atoms with Crippen molar-refractivity contribution in [3.05, 3.63) is 60.2 Å². The van der Waals surface area contributed by atoms with Gasteiger partial charge in [-0.1, -0.05) is 42.5 Å². The quantitative estimate of drug-likeness (QED) is 0.698. The van der Waals surface area contributed by atoms with E-state index in [1.165, 1.54) is 0 Å². The first kappa shape index (κ1) is 16.9. The van der Waals surface area contributed by atoms with E-state index >= 15 is 0 Å². The number of rotatable bonds is 8. The van der Waals surface area contributed by atoms with Gasteiger partial charge in [0.2, 0.25) is 0 Å². The highest BCUT2D eigenvalue weighted by Crippen LogP contribution is 2.28. The van der Waals surface area contributed by atoms with Gasteiger partial charge in [0.1, 0.15) is 0 Å². The molecule has 0 aliphatic heterocycles. The van der Waals surface area contributed by atoms with Gasteiger partial charge in [-0.3, -0.25) is 0 Å². The minimum absolute atomic E-state index is 0.329. The van der Waals surface area contributed by atoms with Crippen molar-refractivity contribution < 1.29 is 19.0 Å². The molecule has 1 unspecified atom stereocenters. The molecule has 0 radical (unpaired) electrons. The molecule has 122 valence electrons. The SMILES string of the molecule is CCOC(=O)C(CCc1ccccc1)Oc1ccccc1OC. The van der Waals surface area contributed by atoms with Crippen LogP contribution in [0.4, 0.5) is 0 Å². The smallest absolute Gasteiger partial charge is 0.347 e. The maximum Gasteiger partial charge on any atom is 0.347 e. The van der Waals surface area contributed by atoms with Crippen molar-refractivity contribution in [2.24, 2.45) is 0 Å². The fraction of sp³-hybridized carbons (Fsp3) is 0.316. The summed E-state index contributed by atoms with van der Waals surface area (Å²) in [6.07, 6.45) is 0.617. The second-order valence-electron chi connectivity index (χ2n) is 5.03. The standard InChI is InChI=1S/C19H22O4/c1-3-22-19(20)18(14-13-15-9-5-4-6-10-15)23-17-12-8-7-11-16(17)21-2/h4-12,18H,3,13-14H2,1-2H3. The third-order valence-electron chi connectivity index (χ3n) is 3.43. The maximum absolute atomic E-state index is 12.2. The number of esters is 1. The molecule has 0 aliphatic carbocycles. The molecule has 0 fully saturated rings. The fourth-order valence-electron chi connectivity index (χ4n) is 2.27. The molecule has 23 heavy (non-hydrogen) atoms. The summed E-state index contributed by atoms with van der Waals surface area (Å²) in [6, 6.07) is 17.3. The average molecular weight is 314 g/mol.